The molecule has 0 saturated heterocycles. The van der Waals surface area contributed by atoms with Crippen LogP contribution in [0.15, 0.2) is 34.3 Å². The highest BCUT2D eigenvalue weighted by molar-refractivity contribution is 7.92. The van der Waals surface area contributed by atoms with Crippen molar-refractivity contribution in [2.45, 2.75) is 42.8 Å². The highest BCUT2D eigenvalue weighted by atomic mass is 32.2. The third kappa shape index (κ3) is 3.65. The Bertz CT molecular complexity index is 659. The fourth-order valence-electron chi connectivity index (χ4n) is 2.52. The molecule has 6 nitrogen and oxygen atoms in total. The van der Waals surface area contributed by atoms with Crippen molar-refractivity contribution in [2.75, 3.05) is 7.11 Å². The monoisotopic (exact) mass is 324 g/mol. The lowest BCUT2D eigenvalue weighted by molar-refractivity contribution is 0.171. The molecule has 0 unspecified atom stereocenters. The zero-order valence-corrected chi connectivity index (χ0v) is 13.5. The lowest BCUT2D eigenvalue weighted by Crippen LogP contribution is -2.19. The van der Waals surface area contributed by atoms with E-state index < -0.39 is 15.9 Å². The first-order valence-corrected chi connectivity index (χ1v) is 8.72. The Morgan fingerprint density at radius 2 is 1.82 bits per heavy atom. The Labute approximate surface area is 130 Å². The summed E-state index contributed by atoms with van der Waals surface area (Å²) in [7, 11) is -1.99. The quantitative estimate of drug-likeness (QED) is 0.681. The number of nitrogens with zero attached hydrogens (tertiary/aromatic N) is 1. The maximum atomic E-state index is 12.5. The molecule has 7 heteroatoms. The number of carbonyl (C=O) groups excluding carboxylic acids is 1. The van der Waals surface area contributed by atoms with Crippen molar-refractivity contribution in [2.24, 2.45) is 5.10 Å². The second-order valence-corrected chi connectivity index (χ2v) is 7.50. The van der Waals surface area contributed by atoms with Crippen molar-refractivity contribution >= 4 is 21.6 Å². The van der Waals surface area contributed by atoms with Gasteiger partial charge in [-0.3, -0.25) is 0 Å². The van der Waals surface area contributed by atoms with E-state index in [4.69, 9.17) is 0 Å². The van der Waals surface area contributed by atoms with E-state index in [9.17, 15) is 13.2 Å². The summed E-state index contributed by atoms with van der Waals surface area (Å²) in [5.74, 6) is 0. The third-order valence-corrected chi connectivity index (χ3v) is 6.12. The van der Waals surface area contributed by atoms with Crippen LogP contribution >= 0.6 is 0 Å². The van der Waals surface area contributed by atoms with E-state index >= 15 is 0 Å². The van der Waals surface area contributed by atoms with Crippen LogP contribution in [0.1, 0.15) is 38.2 Å². The largest absolute Gasteiger partial charge is 0.452 e. The minimum absolute atomic E-state index is 0.255. The predicted octanol–water partition coefficient (Wildman–Crippen LogP) is 2.48. The number of rotatable bonds is 4. The number of hydrazone groups is 1. The van der Waals surface area contributed by atoms with Crippen LogP contribution in [0.25, 0.3) is 0 Å². The molecule has 0 atom stereocenters. The van der Waals surface area contributed by atoms with E-state index in [2.05, 4.69) is 15.3 Å². The predicted molar refractivity (Wildman–Crippen MR) is 83.6 cm³/mol. The third-order valence-electron chi connectivity index (χ3n) is 3.84. The van der Waals surface area contributed by atoms with Gasteiger partial charge in [0.1, 0.15) is 0 Å². The number of amides is 1. The summed E-state index contributed by atoms with van der Waals surface area (Å²) in [6.07, 6.45) is 2.79. The SMILES string of the molecule is COC(=O)N/N=C(\C)c1ccc(S(=O)(=O)C2CCCC2)cc1. The van der Waals surface area contributed by atoms with Gasteiger partial charge in [0.05, 0.1) is 23.0 Å². The summed E-state index contributed by atoms with van der Waals surface area (Å²) < 4.78 is 29.4. The fraction of sp³-hybridized carbons (Fsp3) is 0.467. The molecule has 1 aromatic rings. The van der Waals surface area contributed by atoms with Crippen molar-refractivity contribution < 1.29 is 17.9 Å². The van der Waals surface area contributed by atoms with Crippen LogP contribution in [0.3, 0.4) is 0 Å². The Morgan fingerprint density at radius 1 is 1.23 bits per heavy atom. The number of sulfone groups is 1. The van der Waals surface area contributed by atoms with Gasteiger partial charge in [-0.25, -0.2) is 18.6 Å². The number of carbonyl (C=O) groups is 1. The molecule has 1 N–H and O–H groups in total. The smallest absolute Gasteiger partial charge is 0.427 e. The van der Waals surface area contributed by atoms with Gasteiger partial charge in [-0.15, -0.1) is 0 Å². The molecule has 1 amide bonds. The summed E-state index contributed by atoms with van der Waals surface area (Å²) in [4.78, 5) is 11.3. The Hall–Kier alpha value is -1.89. The second kappa shape index (κ2) is 6.91. The second-order valence-electron chi connectivity index (χ2n) is 5.28. The molecule has 0 aromatic heterocycles. The van der Waals surface area contributed by atoms with E-state index in [1.807, 2.05) is 0 Å². The Morgan fingerprint density at radius 3 is 2.36 bits per heavy atom. The normalized spacial score (nSPS) is 16.5. The van der Waals surface area contributed by atoms with Gasteiger partial charge in [0.2, 0.25) is 0 Å². The summed E-state index contributed by atoms with van der Waals surface area (Å²) >= 11 is 0. The minimum atomic E-state index is -3.24. The van der Waals surface area contributed by atoms with Crippen LogP contribution in [0.4, 0.5) is 4.79 Å². The minimum Gasteiger partial charge on any atom is -0.452 e. The lowest BCUT2D eigenvalue weighted by Gasteiger charge is -2.11. The molecule has 1 aliphatic carbocycles. The number of hydrogen-bond donors (Lipinski definition) is 1. The van der Waals surface area contributed by atoms with E-state index in [0.29, 0.717) is 10.6 Å². The number of nitrogens with one attached hydrogen (secondary N) is 1. The van der Waals surface area contributed by atoms with Crippen LogP contribution in [0.5, 0.6) is 0 Å². The fourth-order valence-corrected chi connectivity index (χ4v) is 4.37. The van der Waals surface area contributed by atoms with Gasteiger partial charge in [0, 0.05) is 0 Å². The van der Waals surface area contributed by atoms with E-state index in [1.165, 1.54) is 7.11 Å². The van der Waals surface area contributed by atoms with Crippen LogP contribution in [0, 0.1) is 0 Å². The first-order valence-electron chi connectivity index (χ1n) is 7.17. The molecular formula is C15H20N2O4S. The maximum absolute atomic E-state index is 12.5. The summed E-state index contributed by atoms with van der Waals surface area (Å²) in [5, 5.41) is 3.62. The first-order chi connectivity index (χ1) is 10.4. The van der Waals surface area contributed by atoms with E-state index in [-0.39, 0.29) is 5.25 Å². The molecule has 0 spiro atoms. The van der Waals surface area contributed by atoms with Crippen molar-refractivity contribution in [3.8, 4) is 0 Å². The molecule has 0 bridgehead atoms. The molecule has 1 saturated carbocycles. The summed E-state index contributed by atoms with van der Waals surface area (Å²) in [6.45, 7) is 1.72. The molecule has 0 radical (unpaired) electrons. The Kier molecular flexibility index (Phi) is 5.18. The highest BCUT2D eigenvalue weighted by Crippen LogP contribution is 2.29. The van der Waals surface area contributed by atoms with Crippen LogP contribution < -0.4 is 5.43 Å². The molecule has 1 fully saturated rings. The maximum Gasteiger partial charge on any atom is 0.427 e. The zero-order valence-electron chi connectivity index (χ0n) is 12.7. The van der Waals surface area contributed by atoms with E-state index in [0.717, 1.165) is 31.2 Å². The van der Waals surface area contributed by atoms with Crippen molar-refractivity contribution in [1.29, 1.82) is 0 Å². The molecule has 1 aromatic carbocycles. The van der Waals surface area contributed by atoms with Gasteiger partial charge in [0.15, 0.2) is 9.84 Å². The van der Waals surface area contributed by atoms with Gasteiger partial charge in [0.25, 0.3) is 0 Å². The molecule has 22 heavy (non-hydrogen) atoms. The average molecular weight is 324 g/mol. The molecule has 2 rings (SSSR count). The molecule has 1 aliphatic rings. The van der Waals surface area contributed by atoms with Crippen LogP contribution in [0.2, 0.25) is 0 Å². The van der Waals surface area contributed by atoms with Gasteiger partial charge in [-0.05, 0) is 37.5 Å². The molecule has 120 valence electrons. The van der Waals surface area contributed by atoms with Crippen LogP contribution in [-0.4, -0.2) is 32.6 Å². The van der Waals surface area contributed by atoms with Gasteiger partial charge < -0.3 is 4.74 Å². The van der Waals surface area contributed by atoms with Crippen LogP contribution in [-0.2, 0) is 14.6 Å². The molecule has 0 heterocycles. The topological polar surface area (TPSA) is 84.8 Å². The van der Waals surface area contributed by atoms with Crippen molar-refractivity contribution in [1.82, 2.24) is 5.43 Å². The van der Waals surface area contributed by atoms with Gasteiger partial charge in [-0.1, -0.05) is 25.0 Å². The highest BCUT2D eigenvalue weighted by Gasteiger charge is 2.30. The summed E-state index contributed by atoms with van der Waals surface area (Å²) in [5.41, 5.74) is 3.53. The van der Waals surface area contributed by atoms with E-state index in [1.54, 1.807) is 31.2 Å². The van der Waals surface area contributed by atoms with Crippen molar-refractivity contribution in [3.05, 3.63) is 29.8 Å². The number of methoxy groups -OCH3 is 1. The van der Waals surface area contributed by atoms with Gasteiger partial charge >= 0.3 is 6.09 Å². The summed E-state index contributed by atoms with van der Waals surface area (Å²) in [6, 6.07) is 6.58. The lowest BCUT2D eigenvalue weighted by atomic mass is 10.1. The van der Waals surface area contributed by atoms with Gasteiger partial charge in [-0.2, -0.15) is 5.10 Å². The average Bonchev–Trinajstić information content (AvgIpc) is 3.07. The number of hydrogen-bond acceptors (Lipinski definition) is 5. The standard InChI is InChI=1S/C15H20N2O4S/c1-11(16-17-15(18)21-2)12-7-9-14(10-8-12)22(19,20)13-5-3-4-6-13/h7-10,13H,3-6H2,1-2H3,(H,17,18)/b16-11+. The zero-order chi connectivity index (χ0) is 16.2. The first kappa shape index (κ1) is 16.5. The number of ether oxygens (including phenoxy) is 1. The van der Waals surface area contributed by atoms with Crippen molar-refractivity contribution in [3.63, 3.8) is 0 Å². The molecular weight excluding hydrogens is 304 g/mol. The molecule has 0 aliphatic heterocycles. The Balaban J connectivity index is 2.14. The number of benzene rings is 1.